The van der Waals surface area contributed by atoms with E-state index in [2.05, 4.69) is 36.7 Å². The van der Waals surface area contributed by atoms with Gasteiger partial charge in [0.05, 0.1) is 6.67 Å². The van der Waals surface area contributed by atoms with Gasteiger partial charge in [0.25, 0.3) is 0 Å². The highest BCUT2D eigenvalue weighted by molar-refractivity contribution is 5.47. The molecule has 0 aliphatic carbocycles. The molecule has 0 unspecified atom stereocenters. The van der Waals surface area contributed by atoms with Gasteiger partial charge in [-0.1, -0.05) is 6.07 Å². The van der Waals surface area contributed by atoms with E-state index < -0.39 is 0 Å². The molecule has 0 aromatic heterocycles. The number of hydrazine groups is 1. The molecular formula is C9H15N3. The van der Waals surface area contributed by atoms with Crippen molar-refractivity contribution in [2.75, 3.05) is 12.0 Å². The van der Waals surface area contributed by atoms with Crippen LogP contribution in [0.1, 0.15) is 11.1 Å². The number of hydrogen-bond acceptors (Lipinski definition) is 3. The maximum Gasteiger partial charge on any atom is 0.0780 e. The second-order valence-electron chi connectivity index (χ2n) is 2.86. The minimum atomic E-state index is 0.586. The maximum absolute atomic E-state index is 5.13. The van der Waals surface area contributed by atoms with E-state index in [9.17, 15) is 0 Å². The van der Waals surface area contributed by atoms with E-state index in [1.54, 1.807) is 0 Å². The summed E-state index contributed by atoms with van der Waals surface area (Å²) in [4.78, 5) is 0. The fourth-order valence-electron chi connectivity index (χ4n) is 1.00. The van der Waals surface area contributed by atoms with Gasteiger partial charge in [-0.3, -0.25) is 5.84 Å². The molecular weight excluding hydrogens is 150 g/mol. The predicted octanol–water partition coefficient (Wildman–Crippen LogP) is 1.14. The first-order valence-corrected chi connectivity index (χ1v) is 3.98. The SMILES string of the molecule is Cc1ccc(NCNN)cc1C. The average Bonchev–Trinajstić information content (AvgIpc) is 2.07. The molecule has 0 heterocycles. The van der Waals surface area contributed by atoms with Crippen LogP contribution in [0.3, 0.4) is 0 Å². The molecule has 3 nitrogen and oxygen atoms in total. The highest BCUT2D eigenvalue weighted by Crippen LogP contribution is 2.13. The molecule has 0 fully saturated rings. The van der Waals surface area contributed by atoms with Gasteiger partial charge in [0.15, 0.2) is 0 Å². The van der Waals surface area contributed by atoms with Crippen LogP contribution in [0.5, 0.6) is 0 Å². The standard InChI is InChI=1S/C9H15N3/c1-7-3-4-9(5-8(7)2)11-6-12-10/h3-5,11-12H,6,10H2,1-2H3. The summed E-state index contributed by atoms with van der Waals surface area (Å²) in [7, 11) is 0. The number of aryl methyl sites for hydroxylation is 2. The molecule has 12 heavy (non-hydrogen) atoms. The van der Waals surface area contributed by atoms with Gasteiger partial charge >= 0.3 is 0 Å². The average molecular weight is 165 g/mol. The number of hydrogen-bond donors (Lipinski definition) is 3. The highest BCUT2D eigenvalue weighted by Gasteiger charge is 1.93. The summed E-state index contributed by atoms with van der Waals surface area (Å²) >= 11 is 0. The van der Waals surface area contributed by atoms with Gasteiger partial charge in [0.1, 0.15) is 0 Å². The van der Waals surface area contributed by atoms with Crippen molar-refractivity contribution in [3.63, 3.8) is 0 Å². The molecule has 3 heteroatoms. The van der Waals surface area contributed by atoms with E-state index in [1.807, 2.05) is 6.07 Å². The van der Waals surface area contributed by atoms with Crippen molar-refractivity contribution in [1.29, 1.82) is 0 Å². The molecule has 1 aromatic carbocycles. The summed E-state index contributed by atoms with van der Waals surface area (Å²) in [6, 6.07) is 6.24. The summed E-state index contributed by atoms with van der Waals surface area (Å²) in [6.07, 6.45) is 0. The van der Waals surface area contributed by atoms with E-state index in [0.29, 0.717) is 6.67 Å². The molecule has 0 atom stereocenters. The van der Waals surface area contributed by atoms with Crippen LogP contribution in [0.15, 0.2) is 18.2 Å². The first kappa shape index (κ1) is 9.03. The molecule has 1 aromatic rings. The zero-order valence-corrected chi connectivity index (χ0v) is 7.52. The van der Waals surface area contributed by atoms with Gasteiger partial charge < -0.3 is 5.32 Å². The summed E-state index contributed by atoms with van der Waals surface area (Å²) < 4.78 is 0. The zero-order valence-electron chi connectivity index (χ0n) is 7.52. The lowest BCUT2D eigenvalue weighted by Gasteiger charge is -2.07. The molecule has 0 saturated heterocycles. The second kappa shape index (κ2) is 4.09. The van der Waals surface area contributed by atoms with Crippen molar-refractivity contribution in [1.82, 2.24) is 5.43 Å². The lowest BCUT2D eigenvalue weighted by molar-refractivity contribution is 0.790. The molecule has 0 spiro atoms. The number of anilines is 1. The molecule has 0 aliphatic heterocycles. The summed E-state index contributed by atoms with van der Waals surface area (Å²) in [6.45, 7) is 4.78. The van der Waals surface area contributed by atoms with Crippen LogP contribution < -0.4 is 16.6 Å². The Morgan fingerprint density at radius 3 is 2.58 bits per heavy atom. The highest BCUT2D eigenvalue weighted by atomic mass is 15.3. The summed E-state index contributed by atoms with van der Waals surface area (Å²) in [5.74, 6) is 5.13. The van der Waals surface area contributed by atoms with Crippen molar-refractivity contribution in [2.45, 2.75) is 13.8 Å². The van der Waals surface area contributed by atoms with Crippen molar-refractivity contribution in [2.24, 2.45) is 5.84 Å². The van der Waals surface area contributed by atoms with Crippen molar-refractivity contribution in [3.05, 3.63) is 29.3 Å². The largest absolute Gasteiger partial charge is 0.371 e. The van der Waals surface area contributed by atoms with Gasteiger partial charge in [-0.15, -0.1) is 0 Å². The first-order chi connectivity index (χ1) is 5.74. The Morgan fingerprint density at radius 1 is 1.25 bits per heavy atom. The maximum atomic E-state index is 5.13. The third-order valence-electron chi connectivity index (χ3n) is 1.90. The smallest absolute Gasteiger partial charge is 0.0780 e. The fourth-order valence-corrected chi connectivity index (χ4v) is 1.00. The molecule has 0 radical (unpaired) electrons. The van der Waals surface area contributed by atoms with Crippen molar-refractivity contribution in [3.8, 4) is 0 Å². The Kier molecular flexibility index (Phi) is 3.08. The predicted molar refractivity (Wildman–Crippen MR) is 51.7 cm³/mol. The lowest BCUT2D eigenvalue weighted by Crippen LogP contribution is -2.28. The monoisotopic (exact) mass is 165 g/mol. The lowest BCUT2D eigenvalue weighted by atomic mass is 10.1. The molecule has 1 rings (SSSR count). The Labute approximate surface area is 72.9 Å². The molecule has 4 N–H and O–H groups in total. The van der Waals surface area contributed by atoms with Gasteiger partial charge in [-0.05, 0) is 37.1 Å². The quantitative estimate of drug-likeness (QED) is 0.357. The minimum absolute atomic E-state index is 0.586. The summed E-state index contributed by atoms with van der Waals surface area (Å²) in [5.41, 5.74) is 6.23. The second-order valence-corrected chi connectivity index (χ2v) is 2.86. The number of benzene rings is 1. The van der Waals surface area contributed by atoms with Gasteiger partial charge in [0.2, 0.25) is 0 Å². The summed E-state index contributed by atoms with van der Waals surface area (Å²) in [5, 5.41) is 3.13. The van der Waals surface area contributed by atoms with E-state index in [0.717, 1.165) is 5.69 Å². The van der Waals surface area contributed by atoms with Crippen LogP contribution >= 0.6 is 0 Å². The van der Waals surface area contributed by atoms with E-state index in [4.69, 9.17) is 5.84 Å². The first-order valence-electron chi connectivity index (χ1n) is 3.98. The number of nitrogens with two attached hydrogens (primary N) is 1. The Balaban J connectivity index is 2.69. The van der Waals surface area contributed by atoms with Crippen molar-refractivity contribution < 1.29 is 0 Å². The van der Waals surface area contributed by atoms with Gasteiger partial charge in [-0.25, -0.2) is 5.43 Å². The van der Waals surface area contributed by atoms with Crippen LogP contribution in [-0.2, 0) is 0 Å². The van der Waals surface area contributed by atoms with Crippen molar-refractivity contribution >= 4 is 5.69 Å². The molecule has 0 amide bonds. The third-order valence-corrected chi connectivity index (χ3v) is 1.90. The Hall–Kier alpha value is -1.06. The van der Waals surface area contributed by atoms with Crippen LogP contribution in [0.4, 0.5) is 5.69 Å². The van der Waals surface area contributed by atoms with Crippen LogP contribution in [0.2, 0.25) is 0 Å². The Bertz CT molecular complexity index is 258. The van der Waals surface area contributed by atoms with Gasteiger partial charge in [0, 0.05) is 5.69 Å². The molecule has 0 bridgehead atoms. The topological polar surface area (TPSA) is 50.1 Å². The molecule has 0 aliphatic rings. The Morgan fingerprint density at radius 2 is 2.00 bits per heavy atom. The minimum Gasteiger partial charge on any atom is -0.371 e. The van der Waals surface area contributed by atoms with Crippen LogP contribution in [-0.4, -0.2) is 6.67 Å². The normalized spacial score (nSPS) is 9.92. The van der Waals surface area contributed by atoms with E-state index in [1.165, 1.54) is 11.1 Å². The number of nitrogens with one attached hydrogen (secondary N) is 2. The van der Waals surface area contributed by atoms with E-state index >= 15 is 0 Å². The third kappa shape index (κ3) is 2.22. The van der Waals surface area contributed by atoms with E-state index in [-0.39, 0.29) is 0 Å². The fraction of sp³-hybridized carbons (Fsp3) is 0.333. The molecule has 66 valence electrons. The van der Waals surface area contributed by atoms with Gasteiger partial charge in [-0.2, -0.15) is 0 Å². The van der Waals surface area contributed by atoms with Crippen LogP contribution in [0.25, 0.3) is 0 Å². The number of rotatable bonds is 3. The molecule has 0 saturated carbocycles. The van der Waals surface area contributed by atoms with Crippen LogP contribution in [0, 0.1) is 13.8 Å². The zero-order chi connectivity index (χ0) is 8.97.